The molecule has 82 heavy (non-hydrogen) atoms. The van der Waals surface area contributed by atoms with E-state index in [9.17, 15) is 19.8 Å². The van der Waals surface area contributed by atoms with Gasteiger partial charge in [-0.2, -0.15) is 0 Å². The number of unbranched alkanes of at least 4 members (excludes halogenated alkanes) is 55. The van der Waals surface area contributed by atoms with E-state index in [4.69, 9.17) is 4.74 Å². The van der Waals surface area contributed by atoms with Gasteiger partial charge in [-0.15, -0.1) is 0 Å². The highest BCUT2D eigenvalue weighted by molar-refractivity contribution is 5.76. The van der Waals surface area contributed by atoms with Gasteiger partial charge in [0, 0.05) is 12.8 Å². The molecule has 0 aliphatic carbocycles. The van der Waals surface area contributed by atoms with E-state index in [2.05, 4.69) is 43.5 Å². The number of aliphatic hydroxyl groups is 2. The van der Waals surface area contributed by atoms with Crippen LogP contribution in [0, 0.1) is 0 Å². The van der Waals surface area contributed by atoms with Gasteiger partial charge >= 0.3 is 5.97 Å². The summed E-state index contributed by atoms with van der Waals surface area (Å²) in [5.41, 5.74) is 0. The largest absolute Gasteiger partial charge is 0.466 e. The molecular weight excluding hydrogens is 1010 g/mol. The average Bonchev–Trinajstić information content (AvgIpc) is 3.48. The quantitative estimate of drug-likeness (QED) is 0.0320. The molecule has 0 aromatic heterocycles. The van der Waals surface area contributed by atoms with Crippen LogP contribution in [-0.4, -0.2) is 47.4 Å². The van der Waals surface area contributed by atoms with E-state index < -0.39 is 12.1 Å². The standard InChI is InChI=1S/C76H145NO5/c1-3-5-7-9-11-13-15-17-18-43-46-50-54-58-62-66-70-76(81)82-71-67-63-59-55-51-47-44-41-39-37-35-33-31-29-27-25-23-21-19-20-22-24-26-28-30-32-34-36-38-40-42-45-49-53-57-61-65-69-75(80)77-73(72-78)74(79)68-64-60-56-52-48-16-14-12-10-8-6-4-2/h13,15,18,43,64,68,73-74,78-79H,3-12,14,16-17,19-42,44-63,65-67,69-72H2,1-2H3,(H,77,80)/b15-13-,43-18-,68-64+. The van der Waals surface area contributed by atoms with Crippen LogP contribution in [0.25, 0.3) is 0 Å². The Bertz CT molecular complexity index is 1330. The third kappa shape index (κ3) is 67.2. The number of amides is 1. The fourth-order valence-electron chi connectivity index (χ4n) is 11.7. The van der Waals surface area contributed by atoms with Crippen molar-refractivity contribution in [2.24, 2.45) is 0 Å². The number of carbonyl (C=O) groups excluding carboxylic acids is 2. The maximum atomic E-state index is 12.5. The van der Waals surface area contributed by atoms with Crippen LogP contribution in [0.5, 0.6) is 0 Å². The van der Waals surface area contributed by atoms with Gasteiger partial charge < -0.3 is 20.3 Å². The van der Waals surface area contributed by atoms with Crippen LogP contribution in [0.1, 0.15) is 412 Å². The zero-order valence-corrected chi connectivity index (χ0v) is 55.5. The molecule has 0 aliphatic rings. The fourth-order valence-corrected chi connectivity index (χ4v) is 11.7. The summed E-state index contributed by atoms with van der Waals surface area (Å²) in [5.74, 6) is -0.0512. The van der Waals surface area contributed by atoms with Crippen LogP contribution in [0.2, 0.25) is 0 Å². The fraction of sp³-hybridized carbons (Fsp3) is 0.895. The Hall–Kier alpha value is -1.92. The molecule has 2 unspecified atom stereocenters. The van der Waals surface area contributed by atoms with Gasteiger partial charge in [0.2, 0.25) is 5.91 Å². The van der Waals surface area contributed by atoms with Gasteiger partial charge in [-0.05, 0) is 64.2 Å². The molecular formula is C76H145NO5. The molecule has 3 N–H and O–H groups in total. The molecule has 484 valence electrons. The van der Waals surface area contributed by atoms with E-state index in [1.54, 1.807) is 6.08 Å². The monoisotopic (exact) mass is 1150 g/mol. The third-order valence-electron chi connectivity index (χ3n) is 17.4. The minimum absolute atomic E-state index is 0.0100. The summed E-state index contributed by atoms with van der Waals surface area (Å²) in [5, 5.41) is 23.1. The van der Waals surface area contributed by atoms with Crippen LogP contribution in [0.4, 0.5) is 0 Å². The van der Waals surface area contributed by atoms with Crippen LogP contribution >= 0.6 is 0 Å². The molecule has 0 saturated heterocycles. The molecule has 0 saturated carbocycles. The van der Waals surface area contributed by atoms with E-state index in [-0.39, 0.29) is 18.5 Å². The Morgan fingerprint density at radius 1 is 0.341 bits per heavy atom. The second-order valence-electron chi connectivity index (χ2n) is 25.6. The number of hydrogen-bond acceptors (Lipinski definition) is 5. The van der Waals surface area contributed by atoms with Crippen molar-refractivity contribution in [2.45, 2.75) is 424 Å². The molecule has 0 radical (unpaired) electrons. The lowest BCUT2D eigenvalue weighted by atomic mass is 10.0. The summed E-state index contributed by atoms with van der Waals surface area (Å²) >= 11 is 0. The van der Waals surface area contributed by atoms with E-state index in [0.717, 1.165) is 51.4 Å². The molecule has 2 atom stereocenters. The third-order valence-corrected chi connectivity index (χ3v) is 17.4. The normalized spacial score (nSPS) is 12.7. The number of carbonyl (C=O) groups is 2. The van der Waals surface area contributed by atoms with Crippen LogP contribution in [0.3, 0.4) is 0 Å². The van der Waals surface area contributed by atoms with E-state index in [0.29, 0.717) is 19.4 Å². The number of rotatable bonds is 70. The lowest BCUT2D eigenvalue weighted by Gasteiger charge is -2.20. The zero-order valence-electron chi connectivity index (χ0n) is 55.5. The highest BCUT2D eigenvalue weighted by Crippen LogP contribution is 2.19. The summed E-state index contributed by atoms with van der Waals surface area (Å²) in [6.45, 7) is 4.90. The molecule has 0 bridgehead atoms. The summed E-state index contributed by atoms with van der Waals surface area (Å²) in [6, 6.07) is -0.622. The lowest BCUT2D eigenvalue weighted by molar-refractivity contribution is -0.143. The van der Waals surface area contributed by atoms with Gasteiger partial charge in [-0.25, -0.2) is 0 Å². The molecule has 0 rings (SSSR count). The number of aliphatic hydroxyl groups excluding tert-OH is 2. The van der Waals surface area contributed by atoms with Crippen LogP contribution in [-0.2, 0) is 14.3 Å². The summed E-state index contributed by atoms with van der Waals surface area (Å²) in [6.07, 6.45) is 92.6. The van der Waals surface area contributed by atoms with E-state index in [1.807, 2.05) is 6.08 Å². The summed E-state index contributed by atoms with van der Waals surface area (Å²) in [4.78, 5) is 24.5. The molecule has 0 aromatic rings. The number of ether oxygens (including phenoxy) is 1. The van der Waals surface area contributed by atoms with Crippen molar-refractivity contribution in [2.75, 3.05) is 13.2 Å². The first-order valence-electron chi connectivity index (χ1n) is 37.3. The van der Waals surface area contributed by atoms with E-state index in [1.165, 1.54) is 334 Å². The first-order chi connectivity index (χ1) is 40.5. The van der Waals surface area contributed by atoms with Gasteiger partial charge in [0.1, 0.15) is 0 Å². The predicted molar refractivity (Wildman–Crippen MR) is 361 cm³/mol. The first-order valence-corrected chi connectivity index (χ1v) is 37.3. The minimum Gasteiger partial charge on any atom is -0.466 e. The topological polar surface area (TPSA) is 95.9 Å². The molecule has 0 aromatic carbocycles. The lowest BCUT2D eigenvalue weighted by Crippen LogP contribution is -2.45. The maximum absolute atomic E-state index is 12.5. The van der Waals surface area contributed by atoms with Gasteiger partial charge in [0.25, 0.3) is 0 Å². The Morgan fingerprint density at radius 2 is 0.610 bits per heavy atom. The number of hydrogen-bond donors (Lipinski definition) is 3. The first kappa shape index (κ1) is 80.1. The van der Waals surface area contributed by atoms with Crippen molar-refractivity contribution < 1.29 is 24.5 Å². The molecule has 1 amide bonds. The Balaban J connectivity index is 3.30. The molecule has 0 fully saturated rings. The number of nitrogens with one attached hydrogen (secondary N) is 1. The highest BCUT2D eigenvalue weighted by Gasteiger charge is 2.18. The second kappa shape index (κ2) is 71.6. The van der Waals surface area contributed by atoms with Crippen molar-refractivity contribution in [1.82, 2.24) is 5.32 Å². The van der Waals surface area contributed by atoms with Crippen molar-refractivity contribution in [3.05, 3.63) is 36.5 Å². The summed E-state index contributed by atoms with van der Waals surface area (Å²) in [7, 11) is 0. The van der Waals surface area contributed by atoms with Crippen molar-refractivity contribution >= 4 is 11.9 Å². The van der Waals surface area contributed by atoms with Gasteiger partial charge in [0.05, 0.1) is 25.4 Å². The Kier molecular flexibility index (Phi) is 69.9. The summed E-state index contributed by atoms with van der Waals surface area (Å²) < 4.78 is 5.50. The van der Waals surface area contributed by atoms with Gasteiger partial charge in [0.15, 0.2) is 0 Å². The highest BCUT2D eigenvalue weighted by atomic mass is 16.5. The number of allylic oxidation sites excluding steroid dienone is 5. The van der Waals surface area contributed by atoms with E-state index >= 15 is 0 Å². The van der Waals surface area contributed by atoms with Crippen molar-refractivity contribution in [3.8, 4) is 0 Å². The Labute approximate surface area is 513 Å². The van der Waals surface area contributed by atoms with Crippen molar-refractivity contribution in [1.29, 1.82) is 0 Å². The van der Waals surface area contributed by atoms with Crippen LogP contribution in [0.15, 0.2) is 36.5 Å². The van der Waals surface area contributed by atoms with Gasteiger partial charge in [-0.1, -0.05) is 371 Å². The molecule has 6 nitrogen and oxygen atoms in total. The average molecular weight is 1150 g/mol. The second-order valence-corrected chi connectivity index (χ2v) is 25.6. The maximum Gasteiger partial charge on any atom is 0.305 e. The zero-order chi connectivity index (χ0) is 59.2. The smallest absolute Gasteiger partial charge is 0.305 e. The molecule has 0 aliphatic heterocycles. The predicted octanol–water partition coefficient (Wildman–Crippen LogP) is 24.3. The van der Waals surface area contributed by atoms with Crippen molar-refractivity contribution in [3.63, 3.8) is 0 Å². The van der Waals surface area contributed by atoms with Gasteiger partial charge in [-0.3, -0.25) is 9.59 Å². The molecule has 0 spiro atoms. The van der Waals surface area contributed by atoms with Crippen LogP contribution < -0.4 is 5.32 Å². The Morgan fingerprint density at radius 3 is 0.939 bits per heavy atom. The minimum atomic E-state index is -0.839. The number of esters is 1. The molecule has 0 heterocycles. The molecule has 6 heteroatoms. The SMILES string of the molecule is CCCCCC/C=C\C/C=C\CCCCCCCC(=O)OCCCCCCCCCCCCCCCCCCCCCCCCCCCCCCCCCCCCCCCC(=O)NC(CO)C(O)/C=C/CCCCCCCCCCCC.